The Morgan fingerprint density at radius 1 is 1.62 bits per heavy atom. The summed E-state index contributed by atoms with van der Waals surface area (Å²) in [6, 6.07) is -1.13. The molecule has 13 heavy (non-hydrogen) atoms. The van der Waals surface area contributed by atoms with Crippen molar-refractivity contribution >= 4 is 5.97 Å². The van der Waals surface area contributed by atoms with E-state index in [1.807, 2.05) is 0 Å². The molecule has 1 rings (SSSR count). The van der Waals surface area contributed by atoms with Crippen LogP contribution >= 0.6 is 0 Å². The van der Waals surface area contributed by atoms with E-state index in [4.69, 9.17) is 5.11 Å². The van der Waals surface area contributed by atoms with Gasteiger partial charge in [0.05, 0.1) is 6.10 Å². The minimum atomic E-state index is -1.16. The lowest BCUT2D eigenvalue weighted by atomic mass is 10.2. The fourth-order valence-corrected chi connectivity index (χ4v) is 1.01. The molecule has 0 aliphatic carbocycles. The van der Waals surface area contributed by atoms with Crippen molar-refractivity contribution in [2.75, 3.05) is 0 Å². The van der Waals surface area contributed by atoms with E-state index in [0.29, 0.717) is 5.82 Å². The monoisotopic (exact) mass is 186 g/mol. The van der Waals surface area contributed by atoms with Crippen molar-refractivity contribution in [1.29, 1.82) is 0 Å². The predicted octanol–water partition coefficient (Wildman–Crippen LogP) is -1.01. The maximum atomic E-state index is 10.7. The van der Waals surface area contributed by atoms with E-state index in [1.54, 1.807) is 6.92 Å². The zero-order valence-corrected chi connectivity index (χ0v) is 7.25. The molecule has 7 nitrogen and oxygen atoms in total. The Kier molecular flexibility index (Phi) is 2.57. The Morgan fingerprint density at radius 2 is 2.23 bits per heavy atom. The van der Waals surface area contributed by atoms with Crippen LogP contribution in [0, 0.1) is 6.92 Å². The van der Waals surface area contributed by atoms with Crippen LogP contribution in [-0.2, 0) is 4.79 Å². The Balaban J connectivity index is 3.02. The van der Waals surface area contributed by atoms with Gasteiger partial charge in [0.15, 0.2) is 6.04 Å². The van der Waals surface area contributed by atoms with Crippen LogP contribution in [0.3, 0.4) is 0 Å². The summed E-state index contributed by atoms with van der Waals surface area (Å²) in [6.07, 6.45) is -1.04. The fraction of sp³-hybridized carbons (Fsp3) is 0.667. The standard InChI is InChI=1S/C6H10N4O3/c1-3(11)5(6(12)13)10-4(2)7-8-9-10/h3,5,11H,1-2H3,(H,12,13). The highest BCUT2D eigenvalue weighted by atomic mass is 16.4. The van der Waals surface area contributed by atoms with Crippen LogP contribution in [0.1, 0.15) is 18.8 Å². The number of tetrazole rings is 1. The summed E-state index contributed by atoms with van der Waals surface area (Å²) in [5.41, 5.74) is 0. The number of aromatic nitrogens is 4. The number of aliphatic hydroxyl groups excluding tert-OH is 1. The molecule has 2 atom stereocenters. The molecule has 7 heteroatoms. The summed E-state index contributed by atoms with van der Waals surface area (Å²) in [5, 5.41) is 28.2. The first-order chi connectivity index (χ1) is 6.04. The Labute approximate surface area is 74.0 Å². The minimum absolute atomic E-state index is 0.355. The third kappa shape index (κ3) is 1.81. The second-order valence-corrected chi connectivity index (χ2v) is 2.69. The van der Waals surface area contributed by atoms with Gasteiger partial charge in [-0.2, -0.15) is 0 Å². The quantitative estimate of drug-likeness (QED) is 0.627. The van der Waals surface area contributed by atoms with E-state index >= 15 is 0 Å². The third-order valence-corrected chi connectivity index (χ3v) is 1.63. The number of carboxylic acid groups (broad SMARTS) is 1. The van der Waals surface area contributed by atoms with Gasteiger partial charge in [0, 0.05) is 0 Å². The number of rotatable bonds is 3. The number of aliphatic carboxylic acids is 1. The lowest BCUT2D eigenvalue weighted by Gasteiger charge is -2.15. The van der Waals surface area contributed by atoms with Gasteiger partial charge in [-0.1, -0.05) is 0 Å². The molecule has 0 amide bonds. The van der Waals surface area contributed by atoms with Crippen LogP contribution in [0.15, 0.2) is 0 Å². The zero-order valence-electron chi connectivity index (χ0n) is 7.25. The van der Waals surface area contributed by atoms with Gasteiger partial charge in [0.1, 0.15) is 5.82 Å². The van der Waals surface area contributed by atoms with Crippen molar-refractivity contribution in [3.05, 3.63) is 5.82 Å². The molecule has 0 bridgehead atoms. The van der Waals surface area contributed by atoms with Gasteiger partial charge >= 0.3 is 5.97 Å². The van der Waals surface area contributed by atoms with Crippen molar-refractivity contribution in [2.45, 2.75) is 26.0 Å². The largest absolute Gasteiger partial charge is 0.480 e. The summed E-state index contributed by atoms with van der Waals surface area (Å²) >= 11 is 0. The Bertz CT molecular complexity index is 309. The highest BCUT2D eigenvalue weighted by molar-refractivity contribution is 5.72. The highest BCUT2D eigenvalue weighted by Gasteiger charge is 2.27. The van der Waals surface area contributed by atoms with Gasteiger partial charge in [0.2, 0.25) is 0 Å². The number of hydrogen-bond donors (Lipinski definition) is 2. The Hall–Kier alpha value is -1.50. The molecular formula is C6H10N4O3. The number of hydrogen-bond acceptors (Lipinski definition) is 5. The third-order valence-electron chi connectivity index (χ3n) is 1.63. The van der Waals surface area contributed by atoms with E-state index in [9.17, 15) is 9.90 Å². The molecule has 2 unspecified atom stereocenters. The molecule has 0 saturated carbocycles. The maximum Gasteiger partial charge on any atom is 0.331 e. The number of carboxylic acids is 1. The molecule has 0 aromatic carbocycles. The molecule has 2 N–H and O–H groups in total. The summed E-state index contributed by atoms with van der Waals surface area (Å²) in [5.74, 6) is -0.807. The molecule has 0 saturated heterocycles. The molecule has 0 spiro atoms. The van der Waals surface area contributed by atoms with E-state index in [-0.39, 0.29) is 0 Å². The summed E-state index contributed by atoms with van der Waals surface area (Å²) in [7, 11) is 0. The van der Waals surface area contributed by atoms with Gasteiger partial charge in [0.25, 0.3) is 0 Å². The number of aliphatic hydroxyl groups is 1. The van der Waals surface area contributed by atoms with E-state index in [2.05, 4.69) is 15.5 Å². The van der Waals surface area contributed by atoms with Gasteiger partial charge in [-0.25, -0.2) is 9.48 Å². The molecular weight excluding hydrogens is 176 g/mol. The second kappa shape index (κ2) is 3.48. The van der Waals surface area contributed by atoms with E-state index in [0.717, 1.165) is 4.68 Å². The average Bonchev–Trinajstić information content (AvgIpc) is 2.35. The van der Waals surface area contributed by atoms with Crippen molar-refractivity contribution in [2.24, 2.45) is 0 Å². The smallest absolute Gasteiger partial charge is 0.331 e. The lowest BCUT2D eigenvalue weighted by Crippen LogP contribution is -2.30. The van der Waals surface area contributed by atoms with Gasteiger partial charge in [-0.05, 0) is 24.3 Å². The summed E-state index contributed by atoms with van der Waals surface area (Å²) in [4.78, 5) is 10.7. The van der Waals surface area contributed by atoms with Gasteiger partial charge < -0.3 is 10.2 Å². The molecule has 0 aliphatic rings. The Morgan fingerprint density at radius 3 is 2.54 bits per heavy atom. The fourth-order valence-electron chi connectivity index (χ4n) is 1.01. The second-order valence-electron chi connectivity index (χ2n) is 2.69. The van der Waals surface area contributed by atoms with Gasteiger partial charge in [-0.15, -0.1) is 5.10 Å². The van der Waals surface area contributed by atoms with E-state index in [1.165, 1.54) is 6.92 Å². The van der Waals surface area contributed by atoms with Crippen molar-refractivity contribution in [3.63, 3.8) is 0 Å². The SMILES string of the molecule is Cc1nnnn1C(C(=O)O)C(C)O. The molecule has 0 fully saturated rings. The number of carbonyl (C=O) groups is 1. The minimum Gasteiger partial charge on any atom is -0.480 e. The molecule has 0 radical (unpaired) electrons. The maximum absolute atomic E-state index is 10.7. The number of nitrogens with zero attached hydrogens (tertiary/aromatic N) is 4. The van der Waals surface area contributed by atoms with Crippen molar-refractivity contribution in [1.82, 2.24) is 20.2 Å². The van der Waals surface area contributed by atoms with Crippen LogP contribution in [0.5, 0.6) is 0 Å². The van der Waals surface area contributed by atoms with Crippen LogP contribution in [0.2, 0.25) is 0 Å². The van der Waals surface area contributed by atoms with Crippen LogP contribution in [0.4, 0.5) is 0 Å². The summed E-state index contributed by atoms with van der Waals surface area (Å²) < 4.78 is 1.08. The molecule has 1 aromatic rings. The lowest BCUT2D eigenvalue weighted by molar-refractivity contribution is -0.144. The zero-order chi connectivity index (χ0) is 10.0. The average molecular weight is 186 g/mol. The molecule has 72 valence electrons. The first-order valence-electron chi connectivity index (χ1n) is 3.69. The predicted molar refractivity (Wildman–Crippen MR) is 40.9 cm³/mol. The van der Waals surface area contributed by atoms with Gasteiger partial charge in [-0.3, -0.25) is 0 Å². The van der Waals surface area contributed by atoms with E-state index < -0.39 is 18.1 Å². The van der Waals surface area contributed by atoms with Crippen LogP contribution < -0.4 is 0 Å². The van der Waals surface area contributed by atoms with Crippen LogP contribution in [-0.4, -0.2) is 42.5 Å². The topological polar surface area (TPSA) is 101 Å². The first-order valence-corrected chi connectivity index (χ1v) is 3.69. The van der Waals surface area contributed by atoms with Crippen LogP contribution in [0.25, 0.3) is 0 Å². The summed E-state index contributed by atoms with van der Waals surface area (Å²) in [6.45, 7) is 2.94. The highest BCUT2D eigenvalue weighted by Crippen LogP contribution is 2.11. The molecule has 0 aliphatic heterocycles. The molecule has 1 heterocycles. The van der Waals surface area contributed by atoms with Crippen molar-refractivity contribution < 1.29 is 15.0 Å². The number of aryl methyl sites for hydroxylation is 1. The molecule has 1 aromatic heterocycles. The first kappa shape index (κ1) is 9.59. The van der Waals surface area contributed by atoms with Crippen molar-refractivity contribution in [3.8, 4) is 0 Å². The normalized spacial score (nSPS) is 15.3.